The smallest absolute Gasteiger partial charge is 0.355 e. The highest BCUT2D eigenvalue weighted by molar-refractivity contribution is 7.22. The van der Waals surface area contributed by atoms with Crippen molar-refractivity contribution >= 4 is 61.9 Å². The number of pyridine rings is 1. The Hall–Kier alpha value is -4.66. The molecule has 14 heteroatoms. The molecule has 0 amide bonds. The summed E-state index contributed by atoms with van der Waals surface area (Å²) in [6, 6.07) is 9.47. The molecule has 2 aliphatic heterocycles. The van der Waals surface area contributed by atoms with Gasteiger partial charge in [0, 0.05) is 59.9 Å². The molecule has 4 aromatic rings. The normalized spacial score (nSPS) is 27.7. The fourth-order valence-electron chi connectivity index (χ4n) is 12.2. The number of methoxy groups -OCH3 is 1. The second-order valence-electron chi connectivity index (χ2n) is 19.0. The molecule has 60 heavy (non-hydrogen) atoms. The minimum absolute atomic E-state index is 0.0427. The number of carbonyl (C=O) groups is 1. The number of benzene rings is 1. The molecule has 1 saturated heterocycles. The first kappa shape index (κ1) is 40.7. The third kappa shape index (κ3) is 7.86. The summed E-state index contributed by atoms with van der Waals surface area (Å²) < 4.78 is 13.4. The quantitative estimate of drug-likeness (QED) is 0.0896. The Labute approximate surface area is 356 Å². The Balaban J connectivity index is 0.922. The van der Waals surface area contributed by atoms with Crippen LogP contribution in [0.1, 0.15) is 106 Å². The molecule has 4 saturated carbocycles. The Bertz CT molecular complexity index is 2340. The van der Waals surface area contributed by atoms with Crippen molar-refractivity contribution in [2.75, 3.05) is 56.7 Å². The number of carboxylic acids is 1. The van der Waals surface area contributed by atoms with Gasteiger partial charge in [-0.15, -0.1) is 10.2 Å². The van der Waals surface area contributed by atoms with Gasteiger partial charge < -0.3 is 40.4 Å². The summed E-state index contributed by atoms with van der Waals surface area (Å²) in [6.07, 6.45) is 12.5. The lowest BCUT2D eigenvalue weighted by Gasteiger charge is -2.56. The van der Waals surface area contributed by atoms with E-state index in [2.05, 4.69) is 39.6 Å². The average molecular weight is 834 g/mol. The Morgan fingerprint density at radius 2 is 1.83 bits per heavy atom. The van der Waals surface area contributed by atoms with E-state index >= 15 is 0 Å². The zero-order chi connectivity index (χ0) is 41.8. The molecule has 5 unspecified atom stereocenters. The van der Waals surface area contributed by atoms with Crippen molar-refractivity contribution in [1.29, 1.82) is 5.41 Å². The van der Waals surface area contributed by atoms with E-state index in [-0.39, 0.29) is 22.1 Å². The predicted molar refractivity (Wildman–Crippen MR) is 237 cm³/mol. The summed E-state index contributed by atoms with van der Waals surface area (Å²) in [5, 5.41) is 36.1. The highest BCUT2D eigenvalue weighted by Gasteiger charge is 2.60. The van der Waals surface area contributed by atoms with E-state index in [1.165, 1.54) is 62.7 Å². The maximum Gasteiger partial charge on any atom is 0.355 e. The van der Waals surface area contributed by atoms with Crippen LogP contribution in [0, 0.1) is 35.0 Å². The second-order valence-corrected chi connectivity index (χ2v) is 20.0. The van der Waals surface area contributed by atoms with Crippen LogP contribution in [0.3, 0.4) is 0 Å². The van der Waals surface area contributed by atoms with Gasteiger partial charge in [-0.05, 0) is 138 Å². The number of nitrogens with zero attached hydrogens (tertiary/aromatic N) is 6. The number of hydrogen-bond acceptors (Lipinski definition) is 13. The van der Waals surface area contributed by atoms with Crippen molar-refractivity contribution in [1.82, 2.24) is 30.4 Å². The van der Waals surface area contributed by atoms with E-state index in [1.807, 2.05) is 43.0 Å². The average Bonchev–Trinajstić information content (AvgIpc) is 3.86. The maximum absolute atomic E-state index is 12.9. The number of thiazole rings is 1. The number of anilines is 4. The number of rotatable bonds is 14. The van der Waals surface area contributed by atoms with E-state index in [4.69, 9.17) is 24.9 Å². The lowest BCUT2D eigenvalue weighted by Crippen LogP contribution is -2.53. The lowest BCUT2D eigenvalue weighted by molar-refractivity contribution is -0.165. The fraction of sp³-hybridized carbons (Fsp3) is 0.565. The number of aromatic carboxylic acids is 1. The summed E-state index contributed by atoms with van der Waals surface area (Å²) >= 11 is 1.54. The largest absolute Gasteiger partial charge is 0.497 e. The fourth-order valence-corrected chi connectivity index (χ4v) is 13.0. The number of allylic oxidation sites excluding steroid dienone is 2. The summed E-state index contributed by atoms with van der Waals surface area (Å²) in [7, 11) is 1.64. The summed E-state index contributed by atoms with van der Waals surface area (Å²) in [6.45, 7) is 14.7. The zero-order valence-electron chi connectivity index (χ0n) is 35.7. The van der Waals surface area contributed by atoms with Gasteiger partial charge in [0.2, 0.25) is 0 Å². The molecule has 5 fully saturated rings. The molecule has 4 N–H and O–H groups in total. The monoisotopic (exact) mass is 833 g/mol. The third-order valence-electron chi connectivity index (χ3n) is 14.2. The van der Waals surface area contributed by atoms with Gasteiger partial charge >= 0.3 is 5.97 Å². The number of fused-ring (bicyclic) bond motifs is 3. The Morgan fingerprint density at radius 3 is 2.60 bits per heavy atom. The number of nitrogens with one attached hydrogen (secondary N) is 3. The van der Waals surface area contributed by atoms with Crippen molar-refractivity contribution in [3.8, 4) is 5.75 Å². The first-order valence-corrected chi connectivity index (χ1v) is 22.6. The van der Waals surface area contributed by atoms with E-state index < -0.39 is 5.97 Å². The molecule has 4 bridgehead atoms. The minimum atomic E-state index is -1.14. The van der Waals surface area contributed by atoms with Crippen LogP contribution in [0.25, 0.3) is 15.8 Å². The first-order valence-electron chi connectivity index (χ1n) is 21.8. The molecular weight excluding hydrogens is 775 g/mol. The van der Waals surface area contributed by atoms with Gasteiger partial charge in [0.15, 0.2) is 22.5 Å². The van der Waals surface area contributed by atoms with Gasteiger partial charge in [0.25, 0.3) is 0 Å². The molecule has 5 atom stereocenters. The SMILES string of the molecule is COc1ccc2sc(Nc3nnc4c(c3C)CCCN4c3ccc(/C(C=N)=C(\C)NCC4CC5(C)CC6(C)CC4CC(OCCN4CCCC4)(C5)C6)c(C(=O)O)n3)nc2c1. The maximum atomic E-state index is 12.9. The molecule has 0 spiro atoms. The zero-order valence-corrected chi connectivity index (χ0v) is 36.5. The van der Waals surface area contributed by atoms with Crippen LogP contribution in [0.2, 0.25) is 0 Å². The van der Waals surface area contributed by atoms with Gasteiger partial charge in [-0.2, -0.15) is 0 Å². The molecule has 5 heterocycles. The van der Waals surface area contributed by atoms with Crippen LogP contribution < -0.4 is 20.3 Å². The van der Waals surface area contributed by atoms with Gasteiger partial charge in [-0.25, -0.2) is 14.8 Å². The van der Waals surface area contributed by atoms with Gasteiger partial charge in [-0.1, -0.05) is 25.2 Å². The molecule has 1 aromatic carbocycles. The van der Waals surface area contributed by atoms with Crippen molar-refractivity contribution in [2.45, 2.75) is 97.5 Å². The standard InChI is InChI=1S/C46H59N9O4S/c1-28-33-9-8-16-55(41(33)53-52-40(28)51-43-49-36-19-32(58-5)10-12-37(36)60-43)38-13-11-34(39(50-38)42(56)57)35(23-47)29(2)48-24-31-21-45(4)25-44(3)20-30(31)22-46(26-44,27-45)59-18-17-54-14-6-7-15-54/h10-13,19,23,30-31,47-48H,6-9,14-18,20-22,24-27H2,1-5H3,(H,56,57)(H,49,51,52)/b35-29+,47-23?. The van der Waals surface area contributed by atoms with Crippen molar-refractivity contribution in [2.24, 2.45) is 22.7 Å². The van der Waals surface area contributed by atoms with Gasteiger partial charge in [0.05, 0.1) is 29.5 Å². The number of hydrogen-bond donors (Lipinski definition) is 4. The van der Waals surface area contributed by atoms with E-state index in [0.29, 0.717) is 52.1 Å². The van der Waals surface area contributed by atoms with Crippen molar-refractivity contribution < 1.29 is 19.4 Å². The number of ether oxygens (including phenoxy) is 2. The van der Waals surface area contributed by atoms with Crippen LogP contribution in [0.5, 0.6) is 5.75 Å². The molecular formula is C46H59N9O4S. The highest BCUT2D eigenvalue weighted by Crippen LogP contribution is 2.66. The third-order valence-corrected chi connectivity index (χ3v) is 15.2. The molecule has 4 aliphatic carbocycles. The van der Waals surface area contributed by atoms with Crippen molar-refractivity contribution in [3.63, 3.8) is 0 Å². The molecule has 3 aromatic heterocycles. The van der Waals surface area contributed by atoms with E-state index in [0.717, 1.165) is 84.6 Å². The Kier molecular flexibility index (Phi) is 10.9. The molecule has 0 radical (unpaired) electrons. The van der Waals surface area contributed by atoms with E-state index in [1.54, 1.807) is 13.2 Å². The number of carboxylic acid groups (broad SMARTS) is 1. The molecule has 318 valence electrons. The van der Waals surface area contributed by atoms with Crippen LogP contribution in [0.4, 0.5) is 22.6 Å². The van der Waals surface area contributed by atoms with Crippen LogP contribution in [-0.2, 0) is 11.2 Å². The topological polar surface area (TPSA) is 162 Å². The van der Waals surface area contributed by atoms with Gasteiger partial charge in [-0.3, -0.25) is 0 Å². The van der Waals surface area contributed by atoms with Crippen molar-refractivity contribution in [3.05, 3.63) is 58.4 Å². The molecule has 6 aliphatic rings. The molecule has 13 nitrogen and oxygen atoms in total. The summed E-state index contributed by atoms with van der Waals surface area (Å²) in [5.41, 5.74) is 4.96. The predicted octanol–water partition coefficient (Wildman–Crippen LogP) is 8.77. The first-order chi connectivity index (χ1) is 28.9. The van der Waals surface area contributed by atoms with Crippen LogP contribution >= 0.6 is 11.3 Å². The Morgan fingerprint density at radius 1 is 1.03 bits per heavy atom. The second kappa shape index (κ2) is 16.0. The lowest BCUT2D eigenvalue weighted by atomic mass is 9.53. The van der Waals surface area contributed by atoms with Crippen LogP contribution in [-0.4, -0.2) is 94.4 Å². The molecule has 10 rings (SSSR count). The minimum Gasteiger partial charge on any atom is -0.497 e. The number of likely N-dealkylation sites (tertiary alicyclic amines) is 1. The highest BCUT2D eigenvalue weighted by atomic mass is 32.1. The number of aromatic nitrogens is 4. The summed E-state index contributed by atoms with van der Waals surface area (Å²) in [4.78, 5) is 26.9. The van der Waals surface area contributed by atoms with Gasteiger partial charge in [0.1, 0.15) is 11.6 Å². The summed E-state index contributed by atoms with van der Waals surface area (Å²) in [5.74, 6) is 2.43. The van der Waals surface area contributed by atoms with E-state index in [9.17, 15) is 9.90 Å². The van der Waals surface area contributed by atoms with Crippen LogP contribution in [0.15, 0.2) is 36.0 Å².